The van der Waals surface area contributed by atoms with E-state index in [1.54, 1.807) is 48.5 Å². The van der Waals surface area contributed by atoms with Gasteiger partial charge in [0.1, 0.15) is 5.75 Å². The maximum atomic E-state index is 11.9. The fraction of sp³-hybridized carbons (Fsp3) is 0.0625. The molecule has 2 rings (SSSR count). The fourth-order valence-corrected chi connectivity index (χ4v) is 2.21. The van der Waals surface area contributed by atoms with Crippen LogP contribution in [0.2, 0.25) is 10.0 Å². The number of halogens is 2. The number of ether oxygens (including phenoxy) is 1. The van der Waals surface area contributed by atoms with Crippen LogP contribution in [0.25, 0.3) is 0 Å². The number of thiocarbonyl (C=S) groups is 1. The Balaban J connectivity index is 1.74. The zero-order chi connectivity index (χ0) is 18.2. The van der Waals surface area contributed by atoms with E-state index < -0.39 is 11.8 Å². The van der Waals surface area contributed by atoms with Gasteiger partial charge in [-0.15, -0.1) is 0 Å². The molecular weight excluding hydrogens is 385 g/mol. The highest BCUT2D eigenvalue weighted by atomic mass is 35.5. The second-order valence-corrected chi connectivity index (χ2v) is 5.93. The lowest BCUT2D eigenvalue weighted by atomic mass is 10.2. The molecule has 130 valence electrons. The summed E-state index contributed by atoms with van der Waals surface area (Å²) in [5, 5.41) is 3.15. The third kappa shape index (κ3) is 6.22. The molecule has 0 heterocycles. The molecule has 0 radical (unpaired) electrons. The Morgan fingerprint density at radius 1 is 1.00 bits per heavy atom. The van der Waals surface area contributed by atoms with E-state index in [2.05, 4.69) is 16.2 Å². The molecule has 0 spiro atoms. The van der Waals surface area contributed by atoms with Crippen LogP contribution in [0.5, 0.6) is 5.75 Å². The average Bonchev–Trinajstić information content (AvgIpc) is 2.59. The molecule has 25 heavy (non-hydrogen) atoms. The van der Waals surface area contributed by atoms with Crippen molar-refractivity contribution in [2.24, 2.45) is 0 Å². The summed E-state index contributed by atoms with van der Waals surface area (Å²) in [5.74, 6) is -0.482. The van der Waals surface area contributed by atoms with Gasteiger partial charge in [-0.1, -0.05) is 35.3 Å². The maximum absolute atomic E-state index is 11.9. The molecular formula is C16H13Cl2N3O3S. The Bertz CT molecular complexity index is 784. The topological polar surface area (TPSA) is 79.5 Å². The van der Waals surface area contributed by atoms with Gasteiger partial charge in [-0.2, -0.15) is 0 Å². The van der Waals surface area contributed by atoms with Crippen molar-refractivity contribution in [3.8, 4) is 5.75 Å². The van der Waals surface area contributed by atoms with E-state index in [9.17, 15) is 9.59 Å². The van der Waals surface area contributed by atoms with E-state index in [1.165, 1.54) is 0 Å². The first-order chi connectivity index (χ1) is 12.0. The standard InChI is InChI=1S/C16H13Cl2N3O3S/c17-10-5-7-11(8-6-10)24-9-14(22)19-16(25)21-20-15(23)12-3-1-2-4-13(12)18/h1-8H,9H2,(H,20,23)(H2,19,21,22,25). The molecule has 2 aromatic carbocycles. The van der Waals surface area contributed by atoms with Gasteiger partial charge in [0.15, 0.2) is 11.7 Å². The van der Waals surface area contributed by atoms with E-state index in [-0.39, 0.29) is 17.3 Å². The molecule has 0 aliphatic rings. The molecule has 0 saturated heterocycles. The first kappa shape index (κ1) is 19.0. The average molecular weight is 398 g/mol. The minimum atomic E-state index is -0.487. The summed E-state index contributed by atoms with van der Waals surface area (Å²) >= 11 is 16.6. The van der Waals surface area contributed by atoms with Gasteiger partial charge in [0.05, 0.1) is 10.6 Å². The molecule has 0 bridgehead atoms. The van der Waals surface area contributed by atoms with Crippen molar-refractivity contribution in [1.29, 1.82) is 0 Å². The van der Waals surface area contributed by atoms with E-state index in [0.29, 0.717) is 15.8 Å². The van der Waals surface area contributed by atoms with E-state index in [0.717, 1.165) is 0 Å². The predicted molar refractivity (Wildman–Crippen MR) is 99.7 cm³/mol. The largest absolute Gasteiger partial charge is 0.484 e. The monoisotopic (exact) mass is 397 g/mol. The van der Waals surface area contributed by atoms with Gasteiger partial charge < -0.3 is 4.74 Å². The van der Waals surface area contributed by atoms with Crippen LogP contribution in [0.15, 0.2) is 48.5 Å². The van der Waals surface area contributed by atoms with E-state index in [4.69, 9.17) is 40.2 Å². The smallest absolute Gasteiger partial charge is 0.271 e. The normalized spacial score (nSPS) is 9.84. The molecule has 9 heteroatoms. The van der Waals surface area contributed by atoms with E-state index in [1.807, 2.05) is 0 Å². The number of nitrogens with one attached hydrogen (secondary N) is 3. The molecule has 3 N–H and O–H groups in total. The summed E-state index contributed by atoms with van der Waals surface area (Å²) in [6.45, 7) is -0.248. The second kappa shape index (κ2) is 9.22. The van der Waals surface area contributed by atoms with Gasteiger partial charge in [0, 0.05) is 5.02 Å². The van der Waals surface area contributed by atoms with Crippen molar-refractivity contribution in [2.45, 2.75) is 0 Å². The Hall–Kier alpha value is -2.35. The van der Waals surface area contributed by atoms with Gasteiger partial charge in [0.2, 0.25) is 0 Å². The van der Waals surface area contributed by atoms with Gasteiger partial charge in [0.25, 0.3) is 11.8 Å². The summed E-state index contributed by atoms with van der Waals surface area (Å²) in [6, 6.07) is 13.1. The number of benzene rings is 2. The van der Waals surface area contributed by atoms with Crippen molar-refractivity contribution in [1.82, 2.24) is 16.2 Å². The minimum Gasteiger partial charge on any atom is -0.484 e. The van der Waals surface area contributed by atoms with Crippen LogP contribution in [0, 0.1) is 0 Å². The zero-order valence-electron chi connectivity index (χ0n) is 12.7. The van der Waals surface area contributed by atoms with Crippen molar-refractivity contribution >= 4 is 52.3 Å². The molecule has 2 amide bonds. The summed E-state index contributed by atoms with van der Waals surface area (Å²) in [4.78, 5) is 23.7. The second-order valence-electron chi connectivity index (χ2n) is 4.68. The van der Waals surface area contributed by atoms with Crippen LogP contribution in [0.4, 0.5) is 0 Å². The number of carbonyl (C=O) groups is 2. The van der Waals surface area contributed by atoms with Gasteiger partial charge in [-0.05, 0) is 48.6 Å². The van der Waals surface area contributed by atoms with Crippen LogP contribution in [-0.4, -0.2) is 23.5 Å². The highest BCUT2D eigenvalue weighted by Crippen LogP contribution is 2.15. The molecule has 0 atom stereocenters. The quantitative estimate of drug-likeness (QED) is 0.545. The number of carbonyl (C=O) groups excluding carboxylic acids is 2. The number of rotatable bonds is 4. The number of hydrazine groups is 1. The summed E-state index contributed by atoms with van der Waals surface area (Å²) in [6.07, 6.45) is 0. The SMILES string of the molecule is O=C(COc1ccc(Cl)cc1)NC(=S)NNC(=O)c1ccccc1Cl. The Labute approximate surface area is 159 Å². The van der Waals surface area contributed by atoms with Crippen molar-refractivity contribution < 1.29 is 14.3 Å². The third-order valence-electron chi connectivity index (χ3n) is 2.84. The molecule has 6 nitrogen and oxygen atoms in total. The minimum absolute atomic E-state index is 0.0786. The summed E-state index contributed by atoms with van der Waals surface area (Å²) in [7, 11) is 0. The van der Waals surface area contributed by atoms with Gasteiger partial charge >= 0.3 is 0 Å². The molecule has 0 unspecified atom stereocenters. The van der Waals surface area contributed by atoms with Gasteiger partial charge in [-0.25, -0.2) is 0 Å². The van der Waals surface area contributed by atoms with Crippen molar-refractivity contribution in [3.63, 3.8) is 0 Å². The van der Waals surface area contributed by atoms with Gasteiger partial charge in [-0.3, -0.25) is 25.8 Å². The Morgan fingerprint density at radius 2 is 1.68 bits per heavy atom. The molecule has 0 fully saturated rings. The van der Waals surface area contributed by atoms with Crippen molar-refractivity contribution in [2.75, 3.05) is 6.61 Å². The fourth-order valence-electron chi connectivity index (χ4n) is 1.70. The van der Waals surface area contributed by atoms with Crippen molar-refractivity contribution in [3.05, 3.63) is 64.1 Å². The molecule has 0 aromatic heterocycles. The highest BCUT2D eigenvalue weighted by Gasteiger charge is 2.10. The maximum Gasteiger partial charge on any atom is 0.271 e. The molecule has 0 saturated carbocycles. The summed E-state index contributed by atoms with van der Waals surface area (Å²) < 4.78 is 5.27. The Morgan fingerprint density at radius 3 is 2.36 bits per heavy atom. The molecule has 0 aliphatic carbocycles. The lowest BCUT2D eigenvalue weighted by Crippen LogP contribution is -2.49. The van der Waals surface area contributed by atoms with Crippen LogP contribution >= 0.6 is 35.4 Å². The van der Waals surface area contributed by atoms with Crippen LogP contribution < -0.4 is 20.9 Å². The summed E-state index contributed by atoms with van der Waals surface area (Å²) in [5.41, 5.74) is 5.03. The first-order valence-electron chi connectivity index (χ1n) is 6.99. The highest BCUT2D eigenvalue weighted by molar-refractivity contribution is 7.80. The molecule has 2 aromatic rings. The molecule has 0 aliphatic heterocycles. The number of amides is 2. The van der Waals surface area contributed by atoms with Crippen LogP contribution in [0.1, 0.15) is 10.4 Å². The lowest BCUT2D eigenvalue weighted by molar-refractivity contribution is -0.121. The lowest BCUT2D eigenvalue weighted by Gasteiger charge is -2.12. The van der Waals surface area contributed by atoms with Crippen LogP contribution in [0.3, 0.4) is 0 Å². The number of hydrogen-bond donors (Lipinski definition) is 3. The third-order valence-corrected chi connectivity index (χ3v) is 3.63. The predicted octanol–water partition coefficient (Wildman–Crippen LogP) is 2.71. The number of hydrogen-bond acceptors (Lipinski definition) is 4. The van der Waals surface area contributed by atoms with E-state index >= 15 is 0 Å². The zero-order valence-corrected chi connectivity index (χ0v) is 15.0. The van der Waals surface area contributed by atoms with Crippen LogP contribution in [-0.2, 0) is 4.79 Å². The Kier molecular flexibility index (Phi) is 7.00. The first-order valence-corrected chi connectivity index (χ1v) is 8.15.